The molecule has 0 radical (unpaired) electrons. The van der Waals surface area contributed by atoms with Gasteiger partial charge in [0.1, 0.15) is 0 Å². The summed E-state index contributed by atoms with van der Waals surface area (Å²) in [5, 5.41) is 0.914. The van der Waals surface area contributed by atoms with Crippen molar-refractivity contribution in [3.05, 3.63) is 64.3 Å². The van der Waals surface area contributed by atoms with Crippen LogP contribution in [-0.4, -0.2) is 49.6 Å². The molecule has 1 aromatic heterocycles. The van der Waals surface area contributed by atoms with Crippen LogP contribution in [-0.2, 0) is 16.0 Å². The first-order chi connectivity index (χ1) is 15.9. The molecule has 0 N–H and O–H groups in total. The Balaban J connectivity index is 1.79. The second-order valence-corrected chi connectivity index (χ2v) is 8.27. The summed E-state index contributed by atoms with van der Waals surface area (Å²) in [6.07, 6.45) is 0.683. The van der Waals surface area contributed by atoms with Crippen molar-refractivity contribution in [3.63, 3.8) is 0 Å². The van der Waals surface area contributed by atoms with Crippen molar-refractivity contribution in [1.29, 1.82) is 0 Å². The van der Waals surface area contributed by atoms with Gasteiger partial charge in [-0.2, -0.15) is 0 Å². The van der Waals surface area contributed by atoms with Crippen LogP contribution in [0.25, 0.3) is 10.9 Å². The number of hydrogen-bond acceptors (Lipinski definition) is 6. The quantitative estimate of drug-likeness (QED) is 0.545. The third-order valence-corrected chi connectivity index (χ3v) is 6.24. The van der Waals surface area contributed by atoms with E-state index in [1.54, 1.807) is 19.1 Å². The van der Waals surface area contributed by atoms with Crippen molar-refractivity contribution < 1.29 is 23.8 Å². The molecule has 2 aromatic carbocycles. The summed E-state index contributed by atoms with van der Waals surface area (Å²) in [4.78, 5) is 32.5. The zero-order valence-corrected chi connectivity index (χ0v) is 19.6. The number of ether oxygens (including phenoxy) is 3. The fourth-order valence-electron chi connectivity index (χ4n) is 4.50. The second kappa shape index (κ2) is 9.10. The molecule has 0 bridgehead atoms. The number of fused-ring (bicyclic) bond motifs is 2. The summed E-state index contributed by atoms with van der Waals surface area (Å²) in [5.41, 5.74) is 5.03. The van der Waals surface area contributed by atoms with E-state index in [1.165, 1.54) is 7.11 Å². The number of carbonyl (C=O) groups is 2. The highest BCUT2D eigenvalue weighted by molar-refractivity contribution is 5.99. The lowest BCUT2D eigenvalue weighted by atomic mass is 9.89. The summed E-state index contributed by atoms with van der Waals surface area (Å²) in [6, 6.07) is 11.2. The molecular weight excluding hydrogens is 420 g/mol. The third kappa shape index (κ3) is 4.23. The van der Waals surface area contributed by atoms with Gasteiger partial charge in [-0.1, -0.05) is 11.6 Å². The number of esters is 1. The highest BCUT2D eigenvalue weighted by Crippen LogP contribution is 2.40. The number of nitrogens with zero attached hydrogens (tertiary/aromatic N) is 2. The highest BCUT2D eigenvalue weighted by Gasteiger charge is 2.35. The lowest BCUT2D eigenvalue weighted by Gasteiger charge is -2.37. The summed E-state index contributed by atoms with van der Waals surface area (Å²) >= 11 is 0. The topological polar surface area (TPSA) is 78.0 Å². The van der Waals surface area contributed by atoms with Crippen LogP contribution in [0, 0.1) is 13.8 Å². The van der Waals surface area contributed by atoms with E-state index >= 15 is 0 Å². The van der Waals surface area contributed by atoms with Crippen molar-refractivity contribution in [1.82, 2.24) is 9.88 Å². The standard InChI is InChI=1S/C26H28N2O5/c1-15-6-7-21-18(10-15)11-19(16(2)27-21)26(30)28-9-8-17-12-23(31-3)24(32-4)13-20(17)22(28)14-25(29)33-5/h6-7,10-13,22H,8-9,14H2,1-5H3/t22-/m0/s1. The van der Waals surface area contributed by atoms with Crippen LogP contribution in [0.3, 0.4) is 0 Å². The predicted molar refractivity (Wildman–Crippen MR) is 125 cm³/mol. The molecule has 0 saturated carbocycles. The van der Waals surface area contributed by atoms with Gasteiger partial charge in [0.25, 0.3) is 5.91 Å². The van der Waals surface area contributed by atoms with Gasteiger partial charge in [-0.25, -0.2) is 0 Å². The number of rotatable bonds is 5. The van der Waals surface area contributed by atoms with Crippen molar-refractivity contribution in [2.45, 2.75) is 32.7 Å². The molecule has 7 nitrogen and oxygen atoms in total. The monoisotopic (exact) mass is 448 g/mol. The Morgan fingerprint density at radius 1 is 1.03 bits per heavy atom. The van der Waals surface area contributed by atoms with Gasteiger partial charge in [-0.3, -0.25) is 14.6 Å². The van der Waals surface area contributed by atoms with Gasteiger partial charge in [-0.15, -0.1) is 0 Å². The number of aromatic nitrogens is 1. The van der Waals surface area contributed by atoms with E-state index in [0.29, 0.717) is 35.7 Å². The van der Waals surface area contributed by atoms with Crippen LogP contribution < -0.4 is 9.47 Å². The summed E-state index contributed by atoms with van der Waals surface area (Å²) in [6.45, 7) is 4.32. The van der Waals surface area contributed by atoms with Crippen LogP contribution >= 0.6 is 0 Å². The van der Waals surface area contributed by atoms with Gasteiger partial charge in [-0.05, 0) is 61.7 Å². The Kier molecular flexibility index (Phi) is 6.22. The maximum absolute atomic E-state index is 13.8. The van der Waals surface area contributed by atoms with Crippen molar-refractivity contribution in [2.24, 2.45) is 0 Å². The average molecular weight is 449 g/mol. The number of aryl methyl sites for hydroxylation is 2. The first-order valence-electron chi connectivity index (χ1n) is 10.9. The predicted octanol–water partition coefficient (Wildman–Crippen LogP) is 4.17. The van der Waals surface area contributed by atoms with Crippen LogP contribution in [0.1, 0.15) is 45.2 Å². The molecule has 0 aliphatic carbocycles. The Hall–Kier alpha value is -3.61. The lowest BCUT2D eigenvalue weighted by molar-refractivity contribution is -0.141. The summed E-state index contributed by atoms with van der Waals surface area (Å²) in [5.74, 6) is 0.638. The van der Waals surface area contributed by atoms with Gasteiger partial charge in [0.2, 0.25) is 0 Å². The normalized spacial score (nSPS) is 15.2. The Morgan fingerprint density at radius 3 is 2.45 bits per heavy atom. The maximum atomic E-state index is 13.8. The SMILES string of the molecule is COC(=O)C[C@H]1c2cc(OC)c(OC)cc2CCN1C(=O)c1cc2cc(C)ccc2nc1C. The maximum Gasteiger partial charge on any atom is 0.307 e. The Bertz CT molecular complexity index is 1240. The van der Waals surface area contributed by atoms with E-state index in [1.807, 2.05) is 50.2 Å². The third-order valence-electron chi connectivity index (χ3n) is 6.24. The number of pyridine rings is 1. The molecule has 1 aliphatic heterocycles. The molecule has 0 spiro atoms. The van der Waals surface area contributed by atoms with Crippen LogP contribution in [0.5, 0.6) is 11.5 Å². The first-order valence-corrected chi connectivity index (χ1v) is 10.9. The van der Waals surface area contributed by atoms with E-state index in [4.69, 9.17) is 14.2 Å². The minimum atomic E-state index is -0.485. The molecular formula is C26H28N2O5. The van der Waals surface area contributed by atoms with Gasteiger partial charge in [0.05, 0.1) is 50.6 Å². The van der Waals surface area contributed by atoms with Crippen LogP contribution in [0.4, 0.5) is 0 Å². The Morgan fingerprint density at radius 2 is 1.76 bits per heavy atom. The van der Waals surface area contributed by atoms with Crippen molar-refractivity contribution in [3.8, 4) is 11.5 Å². The molecule has 33 heavy (non-hydrogen) atoms. The average Bonchev–Trinajstić information content (AvgIpc) is 2.82. The molecule has 1 aliphatic rings. The number of amides is 1. The Labute approximate surface area is 193 Å². The summed E-state index contributed by atoms with van der Waals surface area (Å²) < 4.78 is 15.9. The minimum absolute atomic E-state index is 0.0455. The molecule has 3 aromatic rings. The van der Waals surface area contributed by atoms with E-state index in [2.05, 4.69) is 4.98 Å². The fourth-order valence-corrected chi connectivity index (χ4v) is 4.50. The number of benzene rings is 2. The molecule has 1 atom stereocenters. The molecule has 0 saturated heterocycles. The zero-order chi connectivity index (χ0) is 23.7. The van der Waals surface area contributed by atoms with Gasteiger partial charge in [0.15, 0.2) is 11.5 Å². The minimum Gasteiger partial charge on any atom is -0.493 e. The van der Waals surface area contributed by atoms with Crippen LogP contribution in [0.2, 0.25) is 0 Å². The molecule has 0 unspecified atom stereocenters. The van der Waals surface area contributed by atoms with E-state index in [-0.39, 0.29) is 18.3 Å². The highest BCUT2D eigenvalue weighted by atomic mass is 16.5. The number of methoxy groups -OCH3 is 3. The molecule has 0 fully saturated rings. The smallest absolute Gasteiger partial charge is 0.307 e. The second-order valence-electron chi connectivity index (χ2n) is 8.27. The number of hydrogen-bond donors (Lipinski definition) is 0. The molecule has 2 heterocycles. The largest absolute Gasteiger partial charge is 0.493 e. The first kappa shape index (κ1) is 22.6. The van der Waals surface area contributed by atoms with E-state index < -0.39 is 6.04 Å². The van der Waals surface area contributed by atoms with Crippen LogP contribution in [0.15, 0.2) is 36.4 Å². The fraction of sp³-hybridized carbons (Fsp3) is 0.346. The molecule has 1 amide bonds. The number of carbonyl (C=O) groups excluding carboxylic acids is 2. The van der Waals surface area contributed by atoms with E-state index in [0.717, 1.165) is 27.6 Å². The van der Waals surface area contributed by atoms with Crippen molar-refractivity contribution in [2.75, 3.05) is 27.9 Å². The lowest BCUT2D eigenvalue weighted by Crippen LogP contribution is -2.41. The van der Waals surface area contributed by atoms with Gasteiger partial charge in [0, 0.05) is 11.9 Å². The molecule has 4 rings (SSSR count). The van der Waals surface area contributed by atoms with Gasteiger partial charge >= 0.3 is 5.97 Å². The zero-order valence-electron chi connectivity index (χ0n) is 19.6. The van der Waals surface area contributed by atoms with Crippen molar-refractivity contribution >= 4 is 22.8 Å². The summed E-state index contributed by atoms with van der Waals surface area (Å²) in [7, 11) is 4.51. The molecule has 172 valence electrons. The van der Waals surface area contributed by atoms with Gasteiger partial charge < -0.3 is 19.1 Å². The van der Waals surface area contributed by atoms with E-state index in [9.17, 15) is 9.59 Å². The molecule has 7 heteroatoms.